The standard InChI is InChI=1S/C30H57NO4/c1-5-6-7-8-9-10-11-12-13-14-15-16-17-18-19-22-25-34-27-29(31(2)3)28-35-26-23-20-21-24-30(32)33-4/h9-10,12-13,29H,5-8,11,14-28H2,1-4H3. The Balaban J connectivity index is 3.48. The van der Waals surface area contributed by atoms with Gasteiger partial charge in [-0.25, -0.2) is 0 Å². The minimum Gasteiger partial charge on any atom is -0.469 e. The van der Waals surface area contributed by atoms with Crippen molar-refractivity contribution in [1.29, 1.82) is 0 Å². The highest BCUT2D eigenvalue weighted by molar-refractivity contribution is 5.68. The van der Waals surface area contributed by atoms with Crippen LogP contribution in [-0.4, -0.2) is 64.5 Å². The van der Waals surface area contributed by atoms with Crippen molar-refractivity contribution in [2.45, 2.75) is 116 Å². The number of hydrogen-bond acceptors (Lipinski definition) is 5. The molecule has 0 spiro atoms. The van der Waals surface area contributed by atoms with Crippen LogP contribution in [0.4, 0.5) is 0 Å². The van der Waals surface area contributed by atoms with Crippen molar-refractivity contribution in [2.75, 3.05) is 47.6 Å². The SMILES string of the molecule is CCCCCC=CCC=CCCCCCCCCOCC(COCCCCCC(=O)OC)N(C)C. The van der Waals surface area contributed by atoms with Crippen LogP contribution in [0, 0.1) is 0 Å². The van der Waals surface area contributed by atoms with Gasteiger partial charge in [0.2, 0.25) is 0 Å². The number of likely N-dealkylation sites (N-methyl/N-ethyl adjacent to an activating group) is 1. The molecule has 5 heteroatoms. The van der Waals surface area contributed by atoms with Crippen molar-refractivity contribution in [1.82, 2.24) is 4.90 Å². The van der Waals surface area contributed by atoms with Crippen molar-refractivity contribution < 1.29 is 19.0 Å². The maximum absolute atomic E-state index is 11.1. The van der Waals surface area contributed by atoms with Crippen LogP contribution in [0.3, 0.4) is 0 Å². The summed E-state index contributed by atoms with van der Waals surface area (Å²) < 4.78 is 16.4. The fraction of sp³-hybridized carbons (Fsp3) is 0.833. The fourth-order valence-corrected chi connectivity index (χ4v) is 3.73. The zero-order valence-corrected chi connectivity index (χ0v) is 23.6. The van der Waals surface area contributed by atoms with E-state index in [-0.39, 0.29) is 12.0 Å². The van der Waals surface area contributed by atoms with Gasteiger partial charge in [-0.05, 0) is 65.5 Å². The Kier molecular flexibility index (Phi) is 26.5. The minimum atomic E-state index is -0.129. The first-order valence-electron chi connectivity index (χ1n) is 14.3. The Morgan fingerprint density at radius 1 is 0.714 bits per heavy atom. The highest BCUT2D eigenvalue weighted by atomic mass is 16.5. The van der Waals surface area contributed by atoms with Gasteiger partial charge in [-0.2, -0.15) is 0 Å². The Morgan fingerprint density at radius 3 is 1.77 bits per heavy atom. The molecule has 0 heterocycles. The Bertz CT molecular complexity index is 505. The van der Waals surface area contributed by atoms with Gasteiger partial charge in [0.1, 0.15) is 0 Å². The quantitative estimate of drug-likeness (QED) is 0.0706. The molecule has 0 aromatic carbocycles. The molecule has 0 amide bonds. The second-order valence-corrected chi connectivity index (χ2v) is 9.74. The molecule has 0 aliphatic heterocycles. The summed E-state index contributed by atoms with van der Waals surface area (Å²) in [5, 5.41) is 0. The number of hydrogen-bond donors (Lipinski definition) is 0. The minimum absolute atomic E-state index is 0.129. The summed E-state index contributed by atoms with van der Waals surface area (Å²) >= 11 is 0. The van der Waals surface area contributed by atoms with Crippen molar-refractivity contribution in [3.63, 3.8) is 0 Å². The molecule has 0 aromatic rings. The molecular weight excluding hydrogens is 438 g/mol. The first-order valence-corrected chi connectivity index (χ1v) is 14.3. The molecule has 1 unspecified atom stereocenters. The van der Waals surface area contributed by atoms with E-state index in [9.17, 15) is 4.79 Å². The lowest BCUT2D eigenvalue weighted by atomic mass is 10.1. The molecule has 0 fully saturated rings. The van der Waals surface area contributed by atoms with Gasteiger partial charge in [-0.1, -0.05) is 76.2 Å². The maximum Gasteiger partial charge on any atom is 0.305 e. The largest absolute Gasteiger partial charge is 0.469 e. The Labute approximate surface area is 217 Å². The van der Waals surface area contributed by atoms with E-state index in [1.807, 2.05) is 0 Å². The van der Waals surface area contributed by atoms with Crippen LogP contribution in [0.25, 0.3) is 0 Å². The zero-order chi connectivity index (χ0) is 25.8. The number of ether oxygens (including phenoxy) is 3. The number of esters is 1. The second-order valence-electron chi connectivity index (χ2n) is 9.74. The number of unbranched alkanes of at least 4 members (excludes halogenated alkanes) is 11. The molecule has 0 N–H and O–H groups in total. The number of carbonyl (C=O) groups is 1. The topological polar surface area (TPSA) is 48.0 Å². The summed E-state index contributed by atoms with van der Waals surface area (Å²) in [6.07, 6.45) is 27.8. The highest BCUT2D eigenvalue weighted by Crippen LogP contribution is 2.09. The predicted molar refractivity (Wildman–Crippen MR) is 149 cm³/mol. The molecule has 5 nitrogen and oxygen atoms in total. The number of allylic oxidation sites excluding steroid dienone is 4. The van der Waals surface area contributed by atoms with Crippen molar-refractivity contribution in [2.24, 2.45) is 0 Å². The number of methoxy groups -OCH3 is 1. The summed E-state index contributed by atoms with van der Waals surface area (Å²) in [5.74, 6) is -0.129. The van der Waals surface area contributed by atoms with E-state index < -0.39 is 0 Å². The van der Waals surface area contributed by atoms with E-state index in [0.29, 0.717) is 13.0 Å². The first kappa shape index (κ1) is 33.8. The van der Waals surface area contributed by atoms with Gasteiger partial charge in [0.15, 0.2) is 0 Å². The molecule has 0 aromatic heterocycles. The first-order chi connectivity index (χ1) is 17.1. The molecule has 0 bridgehead atoms. The molecule has 35 heavy (non-hydrogen) atoms. The molecule has 0 saturated heterocycles. The van der Waals surface area contributed by atoms with E-state index in [0.717, 1.165) is 51.9 Å². The zero-order valence-electron chi connectivity index (χ0n) is 23.6. The molecule has 206 valence electrons. The van der Waals surface area contributed by atoms with Crippen LogP contribution >= 0.6 is 0 Å². The van der Waals surface area contributed by atoms with Gasteiger partial charge in [-0.15, -0.1) is 0 Å². The van der Waals surface area contributed by atoms with Gasteiger partial charge in [-0.3, -0.25) is 4.79 Å². The summed E-state index contributed by atoms with van der Waals surface area (Å²) in [4.78, 5) is 13.3. The molecule has 0 radical (unpaired) electrons. The van der Waals surface area contributed by atoms with Crippen molar-refractivity contribution in [3.8, 4) is 0 Å². The predicted octanol–water partition coefficient (Wildman–Crippen LogP) is 7.50. The summed E-state index contributed by atoms with van der Waals surface area (Å²) in [7, 11) is 5.59. The fourth-order valence-electron chi connectivity index (χ4n) is 3.73. The van der Waals surface area contributed by atoms with Crippen molar-refractivity contribution >= 4 is 5.97 Å². The maximum atomic E-state index is 11.1. The van der Waals surface area contributed by atoms with Gasteiger partial charge in [0.25, 0.3) is 0 Å². The van der Waals surface area contributed by atoms with Crippen LogP contribution in [-0.2, 0) is 19.0 Å². The lowest BCUT2D eigenvalue weighted by molar-refractivity contribution is -0.140. The molecule has 0 aliphatic carbocycles. The second kappa shape index (κ2) is 27.4. The van der Waals surface area contributed by atoms with E-state index >= 15 is 0 Å². The number of nitrogens with zero attached hydrogens (tertiary/aromatic N) is 1. The average molecular weight is 496 g/mol. The number of rotatable bonds is 26. The van der Waals surface area contributed by atoms with Crippen LogP contribution in [0.2, 0.25) is 0 Å². The molecule has 0 saturated carbocycles. The molecule has 0 aliphatic rings. The van der Waals surface area contributed by atoms with Crippen LogP contribution < -0.4 is 0 Å². The lowest BCUT2D eigenvalue weighted by Gasteiger charge is -2.24. The lowest BCUT2D eigenvalue weighted by Crippen LogP contribution is -2.37. The van der Waals surface area contributed by atoms with Gasteiger partial charge in [0.05, 0.1) is 26.4 Å². The summed E-state index contributed by atoms with van der Waals surface area (Å²) in [6.45, 7) is 5.23. The van der Waals surface area contributed by atoms with Gasteiger partial charge < -0.3 is 19.1 Å². The number of carbonyl (C=O) groups excluding carboxylic acids is 1. The van der Waals surface area contributed by atoms with E-state index in [1.165, 1.54) is 71.3 Å². The third-order valence-electron chi connectivity index (χ3n) is 6.24. The van der Waals surface area contributed by atoms with E-state index in [1.54, 1.807) is 0 Å². The summed E-state index contributed by atoms with van der Waals surface area (Å²) in [6, 6.07) is 0.287. The van der Waals surface area contributed by atoms with E-state index in [4.69, 9.17) is 9.47 Å². The van der Waals surface area contributed by atoms with Crippen LogP contribution in [0.5, 0.6) is 0 Å². The van der Waals surface area contributed by atoms with Gasteiger partial charge >= 0.3 is 5.97 Å². The molecule has 1 atom stereocenters. The normalized spacial score (nSPS) is 12.8. The Morgan fingerprint density at radius 2 is 1.23 bits per heavy atom. The summed E-state index contributed by atoms with van der Waals surface area (Å²) in [5.41, 5.74) is 0. The van der Waals surface area contributed by atoms with Crippen LogP contribution in [0.15, 0.2) is 24.3 Å². The third-order valence-corrected chi connectivity index (χ3v) is 6.24. The van der Waals surface area contributed by atoms with Crippen molar-refractivity contribution in [3.05, 3.63) is 24.3 Å². The highest BCUT2D eigenvalue weighted by Gasteiger charge is 2.11. The third kappa shape index (κ3) is 25.7. The monoisotopic (exact) mass is 495 g/mol. The Hall–Kier alpha value is -1.17. The smallest absolute Gasteiger partial charge is 0.305 e. The molecule has 0 rings (SSSR count). The van der Waals surface area contributed by atoms with Gasteiger partial charge in [0, 0.05) is 19.6 Å². The van der Waals surface area contributed by atoms with Crippen LogP contribution in [0.1, 0.15) is 110 Å². The van der Waals surface area contributed by atoms with E-state index in [2.05, 4.69) is 55.0 Å². The average Bonchev–Trinajstić information content (AvgIpc) is 2.85. The molecular formula is C30H57NO4.